The van der Waals surface area contributed by atoms with Crippen LogP contribution in [0.3, 0.4) is 0 Å². The molecule has 4 heteroatoms. The number of nitrogens with one attached hydrogen (secondary N) is 1. The Balaban J connectivity index is 2.70. The van der Waals surface area contributed by atoms with Gasteiger partial charge in [0.15, 0.2) is 0 Å². The monoisotopic (exact) mass is 225 g/mol. The number of aryl methyl sites for hydroxylation is 1. The van der Waals surface area contributed by atoms with Crippen molar-refractivity contribution >= 4 is 0 Å². The first kappa shape index (κ1) is 13.2. The Bertz CT molecular complexity index is 286. The lowest BCUT2D eigenvalue weighted by Gasteiger charge is -2.18. The van der Waals surface area contributed by atoms with Gasteiger partial charge in [0.1, 0.15) is 5.82 Å². The third-order valence-electron chi connectivity index (χ3n) is 2.50. The van der Waals surface area contributed by atoms with Gasteiger partial charge in [-0.25, -0.2) is 4.98 Å². The van der Waals surface area contributed by atoms with Gasteiger partial charge in [-0.05, 0) is 19.4 Å². The zero-order valence-corrected chi connectivity index (χ0v) is 10.6. The Labute approximate surface area is 98.0 Å². The molecule has 0 saturated carbocycles. The molecule has 1 aromatic heterocycles. The lowest BCUT2D eigenvalue weighted by atomic mass is 10.2. The number of imidazole rings is 1. The molecule has 16 heavy (non-hydrogen) atoms. The van der Waals surface area contributed by atoms with E-state index in [1.165, 1.54) is 0 Å². The number of methoxy groups -OCH3 is 1. The number of hydrogen-bond acceptors (Lipinski definition) is 3. The number of hydrogen-bond donors (Lipinski definition) is 1. The average Bonchev–Trinajstić information content (AvgIpc) is 2.73. The zero-order chi connectivity index (χ0) is 11.8. The summed E-state index contributed by atoms with van der Waals surface area (Å²) in [6, 6.07) is 0.200. The summed E-state index contributed by atoms with van der Waals surface area (Å²) in [6.07, 6.45) is 6.14. The summed E-state index contributed by atoms with van der Waals surface area (Å²) in [6.45, 7) is 7.01. The van der Waals surface area contributed by atoms with Gasteiger partial charge in [0.05, 0.1) is 12.6 Å². The van der Waals surface area contributed by atoms with Gasteiger partial charge in [0.25, 0.3) is 0 Å². The molecule has 0 aliphatic rings. The Hall–Kier alpha value is -0.870. The first-order valence-corrected chi connectivity index (χ1v) is 6.06. The van der Waals surface area contributed by atoms with Gasteiger partial charge in [0, 0.05) is 26.0 Å². The van der Waals surface area contributed by atoms with Crippen molar-refractivity contribution in [2.24, 2.45) is 0 Å². The molecule has 1 heterocycles. The van der Waals surface area contributed by atoms with Gasteiger partial charge >= 0.3 is 0 Å². The van der Waals surface area contributed by atoms with Gasteiger partial charge in [-0.1, -0.05) is 13.8 Å². The van der Waals surface area contributed by atoms with Crippen LogP contribution in [-0.4, -0.2) is 29.8 Å². The standard InChI is InChI=1S/C12H23N3O/c1-4-6-13-11(10-16-3)12-14-7-9-15(12)8-5-2/h7,9,11,13H,4-6,8,10H2,1-3H3. The number of ether oxygens (including phenoxy) is 1. The Morgan fingerprint density at radius 3 is 2.88 bits per heavy atom. The second-order valence-corrected chi connectivity index (χ2v) is 3.94. The topological polar surface area (TPSA) is 39.1 Å². The molecule has 0 bridgehead atoms. The van der Waals surface area contributed by atoms with E-state index in [-0.39, 0.29) is 6.04 Å². The zero-order valence-electron chi connectivity index (χ0n) is 10.6. The molecule has 1 aromatic rings. The molecular formula is C12H23N3O. The first-order chi connectivity index (χ1) is 7.83. The molecule has 0 aliphatic heterocycles. The molecule has 1 N–H and O–H groups in total. The van der Waals surface area contributed by atoms with Crippen molar-refractivity contribution in [1.82, 2.24) is 14.9 Å². The fourth-order valence-electron chi connectivity index (χ4n) is 1.77. The van der Waals surface area contributed by atoms with Crippen molar-refractivity contribution in [3.63, 3.8) is 0 Å². The highest BCUT2D eigenvalue weighted by Gasteiger charge is 2.15. The highest BCUT2D eigenvalue weighted by atomic mass is 16.5. The Morgan fingerprint density at radius 1 is 1.44 bits per heavy atom. The average molecular weight is 225 g/mol. The number of aromatic nitrogens is 2. The molecular weight excluding hydrogens is 202 g/mol. The molecule has 92 valence electrons. The van der Waals surface area contributed by atoms with Crippen LogP contribution < -0.4 is 5.32 Å². The van der Waals surface area contributed by atoms with E-state index in [1.54, 1.807) is 7.11 Å². The van der Waals surface area contributed by atoms with E-state index in [9.17, 15) is 0 Å². The quantitative estimate of drug-likeness (QED) is 0.735. The number of nitrogens with zero attached hydrogens (tertiary/aromatic N) is 2. The third kappa shape index (κ3) is 3.61. The highest BCUT2D eigenvalue weighted by molar-refractivity contribution is 4.99. The summed E-state index contributed by atoms with van der Waals surface area (Å²) < 4.78 is 7.44. The normalized spacial score (nSPS) is 12.9. The van der Waals surface area contributed by atoms with E-state index >= 15 is 0 Å². The summed E-state index contributed by atoms with van der Waals surface area (Å²) in [5.41, 5.74) is 0. The maximum absolute atomic E-state index is 5.24. The van der Waals surface area contributed by atoms with Crippen LogP contribution in [0.4, 0.5) is 0 Å². The molecule has 0 radical (unpaired) electrons. The van der Waals surface area contributed by atoms with Crippen LogP contribution in [0, 0.1) is 0 Å². The fourth-order valence-corrected chi connectivity index (χ4v) is 1.77. The van der Waals surface area contributed by atoms with Crippen LogP contribution in [0.1, 0.15) is 38.6 Å². The van der Waals surface area contributed by atoms with Crippen molar-refractivity contribution in [3.05, 3.63) is 18.2 Å². The third-order valence-corrected chi connectivity index (χ3v) is 2.50. The second kappa shape index (κ2) is 7.41. The molecule has 0 aromatic carbocycles. The lowest BCUT2D eigenvalue weighted by molar-refractivity contribution is 0.162. The van der Waals surface area contributed by atoms with Crippen LogP contribution in [0.2, 0.25) is 0 Å². The van der Waals surface area contributed by atoms with Gasteiger partial charge in [-0.3, -0.25) is 0 Å². The van der Waals surface area contributed by atoms with Crippen molar-refractivity contribution < 1.29 is 4.74 Å². The summed E-state index contributed by atoms with van der Waals surface area (Å²) in [4.78, 5) is 4.43. The molecule has 0 aliphatic carbocycles. The summed E-state index contributed by atoms with van der Waals surface area (Å²) in [7, 11) is 1.73. The predicted molar refractivity (Wildman–Crippen MR) is 65.4 cm³/mol. The van der Waals surface area contributed by atoms with E-state index in [0.29, 0.717) is 6.61 Å². The Kier molecular flexibility index (Phi) is 6.11. The maximum atomic E-state index is 5.24. The largest absolute Gasteiger partial charge is 0.383 e. The number of rotatable bonds is 8. The van der Waals surface area contributed by atoms with Crippen LogP contribution in [-0.2, 0) is 11.3 Å². The van der Waals surface area contributed by atoms with E-state index in [2.05, 4.69) is 28.7 Å². The van der Waals surface area contributed by atoms with Crippen LogP contribution in [0.25, 0.3) is 0 Å². The highest BCUT2D eigenvalue weighted by Crippen LogP contribution is 2.12. The van der Waals surface area contributed by atoms with Crippen molar-refractivity contribution in [2.45, 2.75) is 39.3 Å². The molecule has 0 saturated heterocycles. The minimum Gasteiger partial charge on any atom is -0.383 e. The summed E-state index contributed by atoms with van der Waals surface area (Å²) >= 11 is 0. The van der Waals surface area contributed by atoms with Gasteiger partial charge in [0.2, 0.25) is 0 Å². The summed E-state index contributed by atoms with van der Waals surface area (Å²) in [5.74, 6) is 1.08. The molecule has 1 atom stereocenters. The van der Waals surface area contributed by atoms with Crippen LogP contribution in [0.15, 0.2) is 12.4 Å². The van der Waals surface area contributed by atoms with Crippen molar-refractivity contribution in [3.8, 4) is 0 Å². The molecule has 0 spiro atoms. The van der Waals surface area contributed by atoms with E-state index < -0.39 is 0 Å². The maximum Gasteiger partial charge on any atom is 0.128 e. The SMILES string of the molecule is CCCNC(COC)c1nccn1CCC. The van der Waals surface area contributed by atoms with Gasteiger partial charge < -0.3 is 14.6 Å². The van der Waals surface area contributed by atoms with Crippen LogP contribution in [0.5, 0.6) is 0 Å². The van der Waals surface area contributed by atoms with Gasteiger partial charge in [-0.2, -0.15) is 0 Å². The smallest absolute Gasteiger partial charge is 0.128 e. The lowest BCUT2D eigenvalue weighted by Crippen LogP contribution is -2.28. The van der Waals surface area contributed by atoms with Crippen LogP contribution >= 0.6 is 0 Å². The first-order valence-electron chi connectivity index (χ1n) is 6.06. The van der Waals surface area contributed by atoms with E-state index in [1.807, 2.05) is 12.4 Å². The van der Waals surface area contributed by atoms with Crippen molar-refractivity contribution in [2.75, 3.05) is 20.3 Å². The Morgan fingerprint density at radius 2 is 2.25 bits per heavy atom. The molecule has 0 fully saturated rings. The second-order valence-electron chi connectivity index (χ2n) is 3.94. The molecule has 1 unspecified atom stereocenters. The van der Waals surface area contributed by atoms with Crippen molar-refractivity contribution in [1.29, 1.82) is 0 Å². The van der Waals surface area contributed by atoms with Gasteiger partial charge in [-0.15, -0.1) is 0 Å². The minimum atomic E-state index is 0.200. The summed E-state index contributed by atoms with van der Waals surface area (Å²) in [5, 5.41) is 3.46. The van der Waals surface area contributed by atoms with E-state index in [0.717, 1.165) is 31.8 Å². The van der Waals surface area contributed by atoms with E-state index in [4.69, 9.17) is 4.74 Å². The fraction of sp³-hybridized carbons (Fsp3) is 0.750. The molecule has 1 rings (SSSR count). The minimum absolute atomic E-state index is 0.200. The molecule has 0 amide bonds. The molecule has 4 nitrogen and oxygen atoms in total. The predicted octanol–water partition coefficient (Wildman–Crippen LogP) is 1.98.